The summed E-state index contributed by atoms with van der Waals surface area (Å²) in [6.07, 6.45) is 6.59. The Morgan fingerprint density at radius 2 is 2.28 bits per heavy atom. The maximum absolute atomic E-state index is 10.8. The summed E-state index contributed by atoms with van der Waals surface area (Å²) in [6.45, 7) is 0. The molecule has 0 fully saturated rings. The minimum atomic E-state index is -0.832. The van der Waals surface area contributed by atoms with Gasteiger partial charge in [-0.25, -0.2) is 0 Å². The van der Waals surface area contributed by atoms with E-state index in [2.05, 4.69) is 20.9 Å². The van der Waals surface area contributed by atoms with E-state index in [4.69, 9.17) is 4.42 Å². The van der Waals surface area contributed by atoms with E-state index in [0.717, 1.165) is 40.8 Å². The minimum Gasteiger partial charge on any atom is -0.469 e. The van der Waals surface area contributed by atoms with Gasteiger partial charge in [-0.1, -0.05) is 0 Å². The van der Waals surface area contributed by atoms with Crippen LogP contribution in [0.15, 0.2) is 39.5 Å². The van der Waals surface area contributed by atoms with Crippen LogP contribution in [0.4, 0.5) is 0 Å². The molecule has 94 valence electrons. The lowest BCUT2D eigenvalue weighted by Crippen LogP contribution is -2.32. The minimum absolute atomic E-state index is 0.535. The Labute approximate surface area is 114 Å². The van der Waals surface area contributed by atoms with Crippen molar-refractivity contribution in [2.45, 2.75) is 31.3 Å². The second kappa shape index (κ2) is 4.52. The third-order valence-electron chi connectivity index (χ3n) is 3.50. The molecule has 2 aromatic heterocycles. The highest BCUT2D eigenvalue weighted by atomic mass is 79.9. The van der Waals surface area contributed by atoms with Crippen LogP contribution in [-0.4, -0.2) is 10.1 Å². The van der Waals surface area contributed by atoms with E-state index in [1.165, 1.54) is 0 Å². The van der Waals surface area contributed by atoms with Crippen LogP contribution in [0.5, 0.6) is 0 Å². The number of hydrogen-bond donors (Lipinski definition) is 1. The molecule has 0 saturated carbocycles. The fourth-order valence-corrected chi connectivity index (χ4v) is 2.85. The van der Waals surface area contributed by atoms with Crippen LogP contribution in [0.2, 0.25) is 0 Å². The average molecular weight is 308 g/mol. The van der Waals surface area contributed by atoms with E-state index in [1.54, 1.807) is 12.5 Å². The van der Waals surface area contributed by atoms with Gasteiger partial charge >= 0.3 is 0 Å². The van der Waals surface area contributed by atoms with Crippen molar-refractivity contribution in [2.24, 2.45) is 0 Å². The molecular weight excluding hydrogens is 294 g/mol. The molecule has 4 heteroatoms. The number of pyridine rings is 1. The summed E-state index contributed by atoms with van der Waals surface area (Å²) in [5.74, 6) is 0.917. The number of aryl methyl sites for hydroxylation is 1. The van der Waals surface area contributed by atoms with E-state index in [0.29, 0.717) is 6.42 Å². The van der Waals surface area contributed by atoms with E-state index in [-0.39, 0.29) is 0 Å². The Morgan fingerprint density at radius 1 is 1.39 bits per heavy atom. The molecular formula is C14H14BrNO2. The van der Waals surface area contributed by atoms with Gasteiger partial charge < -0.3 is 9.52 Å². The van der Waals surface area contributed by atoms with Gasteiger partial charge in [0.05, 0.1) is 11.9 Å². The van der Waals surface area contributed by atoms with E-state index in [9.17, 15) is 5.11 Å². The van der Waals surface area contributed by atoms with Gasteiger partial charge in [0.25, 0.3) is 0 Å². The third-order valence-corrected chi connectivity index (χ3v) is 3.97. The number of nitrogens with zero attached hydrogens (tertiary/aromatic N) is 1. The maximum atomic E-state index is 10.8. The number of aliphatic hydroxyl groups is 1. The van der Waals surface area contributed by atoms with Crippen LogP contribution in [0.25, 0.3) is 0 Å². The van der Waals surface area contributed by atoms with Crippen molar-refractivity contribution in [1.29, 1.82) is 0 Å². The molecule has 1 unspecified atom stereocenters. The normalized spacial score (nSPS) is 22.8. The quantitative estimate of drug-likeness (QED) is 0.926. The number of furan rings is 1. The highest BCUT2D eigenvalue weighted by molar-refractivity contribution is 9.10. The van der Waals surface area contributed by atoms with Gasteiger partial charge in [0.15, 0.2) is 0 Å². The smallest absolute Gasteiger partial charge is 0.109 e. The Kier molecular flexibility index (Phi) is 2.99. The maximum Gasteiger partial charge on any atom is 0.109 e. The van der Waals surface area contributed by atoms with Crippen molar-refractivity contribution >= 4 is 15.9 Å². The fraction of sp³-hybridized carbons (Fsp3) is 0.357. The monoisotopic (exact) mass is 307 g/mol. The molecule has 3 nitrogen and oxygen atoms in total. The zero-order valence-electron chi connectivity index (χ0n) is 9.90. The Morgan fingerprint density at radius 3 is 3.06 bits per heavy atom. The van der Waals surface area contributed by atoms with Crippen LogP contribution >= 0.6 is 15.9 Å². The van der Waals surface area contributed by atoms with Crippen molar-refractivity contribution in [1.82, 2.24) is 4.98 Å². The van der Waals surface area contributed by atoms with Crippen molar-refractivity contribution in [3.8, 4) is 0 Å². The SMILES string of the molecule is OC1(Cc2ccc(Br)cn2)CCCc2occc21. The molecule has 2 heterocycles. The summed E-state index contributed by atoms with van der Waals surface area (Å²) in [4.78, 5) is 4.34. The molecule has 1 atom stereocenters. The first-order valence-electron chi connectivity index (χ1n) is 6.07. The summed E-state index contributed by atoms with van der Waals surface area (Å²) in [5, 5.41) is 10.8. The molecule has 1 N–H and O–H groups in total. The lowest BCUT2D eigenvalue weighted by Gasteiger charge is -2.31. The van der Waals surface area contributed by atoms with Gasteiger partial charge in [-0.3, -0.25) is 4.98 Å². The number of rotatable bonds is 2. The number of hydrogen-bond acceptors (Lipinski definition) is 3. The zero-order chi connectivity index (χ0) is 12.6. The summed E-state index contributed by atoms with van der Waals surface area (Å²) in [5.41, 5.74) is 0.995. The highest BCUT2D eigenvalue weighted by Crippen LogP contribution is 2.38. The predicted molar refractivity (Wildman–Crippen MR) is 71.2 cm³/mol. The van der Waals surface area contributed by atoms with E-state index < -0.39 is 5.60 Å². The molecule has 0 bridgehead atoms. The first-order chi connectivity index (χ1) is 8.67. The standard InChI is InChI=1S/C14H14BrNO2/c15-10-3-4-11(16-9-10)8-14(17)6-1-2-13-12(14)5-7-18-13/h3-5,7,9,17H,1-2,6,8H2. The first kappa shape index (κ1) is 11.9. The van der Waals surface area contributed by atoms with Crippen molar-refractivity contribution in [3.05, 3.63) is 52.1 Å². The van der Waals surface area contributed by atoms with Gasteiger partial charge in [0.2, 0.25) is 0 Å². The molecule has 0 spiro atoms. The second-order valence-electron chi connectivity index (χ2n) is 4.79. The number of fused-ring (bicyclic) bond motifs is 1. The lowest BCUT2D eigenvalue weighted by molar-refractivity contribution is 0.0159. The fourth-order valence-electron chi connectivity index (χ4n) is 2.62. The Balaban J connectivity index is 1.91. The molecule has 1 aliphatic rings. The van der Waals surface area contributed by atoms with E-state index >= 15 is 0 Å². The van der Waals surface area contributed by atoms with Crippen LogP contribution in [0, 0.1) is 0 Å². The molecule has 0 aromatic carbocycles. The molecule has 18 heavy (non-hydrogen) atoms. The second-order valence-corrected chi connectivity index (χ2v) is 5.70. The van der Waals surface area contributed by atoms with Crippen molar-refractivity contribution in [2.75, 3.05) is 0 Å². The van der Waals surface area contributed by atoms with Gasteiger partial charge in [-0.05, 0) is 47.0 Å². The van der Waals surface area contributed by atoms with E-state index in [1.807, 2.05) is 18.2 Å². The molecule has 0 radical (unpaired) electrons. The lowest BCUT2D eigenvalue weighted by atomic mass is 9.80. The van der Waals surface area contributed by atoms with Gasteiger partial charge in [0.1, 0.15) is 5.76 Å². The molecule has 0 saturated heterocycles. The van der Waals surface area contributed by atoms with Crippen LogP contribution in [0.1, 0.15) is 29.9 Å². The molecule has 1 aliphatic carbocycles. The van der Waals surface area contributed by atoms with Crippen molar-refractivity contribution in [3.63, 3.8) is 0 Å². The highest BCUT2D eigenvalue weighted by Gasteiger charge is 2.36. The van der Waals surface area contributed by atoms with Crippen molar-refractivity contribution < 1.29 is 9.52 Å². The van der Waals surface area contributed by atoms with Crippen LogP contribution in [0.3, 0.4) is 0 Å². The Bertz CT molecular complexity index is 549. The zero-order valence-corrected chi connectivity index (χ0v) is 11.5. The largest absolute Gasteiger partial charge is 0.469 e. The summed E-state index contributed by atoms with van der Waals surface area (Å²) < 4.78 is 6.37. The predicted octanol–water partition coefficient (Wildman–Crippen LogP) is 3.20. The molecule has 0 amide bonds. The number of aromatic nitrogens is 1. The van der Waals surface area contributed by atoms with Gasteiger partial charge in [-0.15, -0.1) is 0 Å². The van der Waals surface area contributed by atoms with Gasteiger partial charge in [-0.2, -0.15) is 0 Å². The molecule has 0 aliphatic heterocycles. The Hall–Kier alpha value is -1.13. The van der Waals surface area contributed by atoms with Crippen LogP contribution in [-0.2, 0) is 18.4 Å². The van der Waals surface area contributed by atoms with Crippen LogP contribution < -0.4 is 0 Å². The summed E-state index contributed by atoms with van der Waals surface area (Å²) in [7, 11) is 0. The summed E-state index contributed by atoms with van der Waals surface area (Å²) in [6, 6.07) is 5.77. The summed E-state index contributed by atoms with van der Waals surface area (Å²) >= 11 is 3.36. The third kappa shape index (κ3) is 2.10. The number of halogens is 1. The average Bonchev–Trinajstić information content (AvgIpc) is 2.82. The molecule has 2 aromatic rings. The topological polar surface area (TPSA) is 46.3 Å². The van der Waals surface area contributed by atoms with Gasteiger partial charge in [0, 0.05) is 34.8 Å². The molecule has 3 rings (SSSR count). The first-order valence-corrected chi connectivity index (χ1v) is 6.86.